The summed E-state index contributed by atoms with van der Waals surface area (Å²) < 4.78 is 10.8. The first-order chi connectivity index (χ1) is 7.18. The van der Waals surface area contributed by atoms with Crippen LogP contribution in [-0.2, 0) is 14.3 Å². The molecule has 1 heterocycles. The van der Waals surface area contributed by atoms with Crippen LogP contribution in [0.25, 0.3) is 0 Å². The monoisotopic (exact) mass is 214 g/mol. The molecule has 1 fully saturated rings. The fourth-order valence-corrected chi connectivity index (χ4v) is 2.15. The van der Waals surface area contributed by atoms with E-state index in [1.165, 1.54) is 19.8 Å². The summed E-state index contributed by atoms with van der Waals surface area (Å²) in [5.41, 5.74) is -0.223. The maximum absolute atomic E-state index is 11.1. The minimum Gasteiger partial charge on any atom is -0.459 e. The van der Waals surface area contributed by atoms with Crippen LogP contribution < -0.4 is 0 Å². The predicted molar refractivity (Wildman–Crippen MR) is 58.7 cm³/mol. The molecule has 0 aromatic heterocycles. The quantitative estimate of drug-likeness (QED) is 0.521. The highest BCUT2D eigenvalue weighted by Crippen LogP contribution is 2.31. The Labute approximate surface area is 92.1 Å². The zero-order valence-electron chi connectivity index (χ0n) is 9.88. The van der Waals surface area contributed by atoms with Crippen LogP contribution in [0.1, 0.15) is 52.4 Å². The lowest BCUT2D eigenvalue weighted by Gasteiger charge is -2.36. The van der Waals surface area contributed by atoms with E-state index in [1.54, 1.807) is 0 Å². The zero-order chi connectivity index (χ0) is 11.1. The predicted octanol–water partition coefficient (Wildman–Crippen LogP) is 2.68. The largest absolute Gasteiger partial charge is 0.459 e. The Morgan fingerprint density at radius 3 is 2.53 bits per heavy atom. The molecule has 0 aliphatic carbocycles. The number of rotatable bonds is 5. The first-order valence-corrected chi connectivity index (χ1v) is 5.96. The number of carbonyl (C=O) groups is 1. The molecule has 0 radical (unpaired) electrons. The van der Waals surface area contributed by atoms with E-state index >= 15 is 0 Å². The van der Waals surface area contributed by atoms with Gasteiger partial charge >= 0.3 is 5.97 Å². The Bertz CT molecular complexity index is 195. The molecule has 1 saturated heterocycles. The average molecular weight is 214 g/mol. The van der Waals surface area contributed by atoms with E-state index in [9.17, 15) is 4.79 Å². The molecular formula is C12H22O3. The highest BCUT2D eigenvalue weighted by Gasteiger charge is 2.34. The second-order valence-corrected chi connectivity index (χ2v) is 4.35. The van der Waals surface area contributed by atoms with Crippen LogP contribution in [0, 0.1) is 0 Å². The van der Waals surface area contributed by atoms with E-state index in [0.29, 0.717) is 0 Å². The molecule has 88 valence electrons. The van der Waals surface area contributed by atoms with E-state index < -0.39 is 0 Å². The number of esters is 1. The Morgan fingerprint density at radius 2 is 2.00 bits per heavy atom. The van der Waals surface area contributed by atoms with Crippen molar-refractivity contribution in [1.29, 1.82) is 0 Å². The summed E-state index contributed by atoms with van der Waals surface area (Å²) in [5, 5.41) is 0. The summed E-state index contributed by atoms with van der Waals surface area (Å²) in [4.78, 5) is 11.1. The SMILES string of the molecule is CCCCCC1(OC(C)=O)CCOCC1. The van der Waals surface area contributed by atoms with E-state index in [-0.39, 0.29) is 11.6 Å². The normalized spacial score (nSPS) is 19.9. The lowest BCUT2D eigenvalue weighted by molar-refractivity contribution is -0.168. The minimum absolute atomic E-state index is 0.159. The van der Waals surface area contributed by atoms with Gasteiger partial charge in [-0.15, -0.1) is 0 Å². The number of carbonyl (C=O) groups excluding carboxylic acids is 1. The lowest BCUT2D eigenvalue weighted by Crippen LogP contribution is -2.40. The number of hydrogen-bond donors (Lipinski definition) is 0. The van der Waals surface area contributed by atoms with Gasteiger partial charge in [-0.2, -0.15) is 0 Å². The Hall–Kier alpha value is -0.570. The van der Waals surface area contributed by atoms with E-state index in [0.717, 1.165) is 38.9 Å². The Balaban J connectivity index is 2.46. The highest BCUT2D eigenvalue weighted by molar-refractivity contribution is 5.66. The lowest BCUT2D eigenvalue weighted by atomic mass is 9.88. The average Bonchev–Trinajstić information content (AvgIpc) is 2.18. The molecule has 0 atom stereocenters. The number of unbranched alkanes of at least 4 members (excludes halogenated alkanes) is 2. The van der Waals surface area contributed by atoms with E-state index in [1.807, 2.05) is 0 Å². The van der Waals surface area contributed by atoms with Gasteiger partial charge in [0.25, 0.3) is 0 Å². The summed E-state index contributed by atoms with van der Waals surface area (Å²) in [5.74, 6) is -0.159. The summed E-state index contributed by atoms with van der Waals surface area (Å²) in [6.45, 7) is 5.12. The third-order valence-electron chi connectivity index (χ3n) is 3.00. The molecule has 0 unspecified atom stereocenters. The van der Waals surface area contributed by atoms with Crippen molar-refractivity contribution in [2.24, 2.45) is 0 Å². The molecular weight excluding hydrogens is 192 g/mol. The van der Waals surface area contributed by atoms with Crippen molar-refractivity contribution < 1.29 is 14.3 Å². The van der Waals surface area contributed by atoms with Crippen molar-refractivity contribution in [3.8, 4) is 0 Å². The topological polar surface area (TPSA) is 35.5 Å². The molecule has 0 aromatic rings. The van der Waals surface area contributed by atoms with E-state index in [2.05, 4.69) is 6.92 Å². The molecule has 0 bridgehead atoms. The molecule has 3 nitrogen and oxygen atoms in total. The maximum atomic E-state index is 11.1. The van der Waals surface area contributed by atoms with Crippen molar-refractivity contribution in [3.05, 3.63) is 0 Å². The molecule has 1 aliphatic rings. The molecule has 15 heavy (non-hydrogen) atoms. The Kier molecular flexibility index (Phi) is 5.09. The molecule has 3 heteroatoms. The molecule has 0 N–H and O–H groups in total. The highest BCUT2D eigenvalue weighted by atomic mass is 16.6. The van der Waals surface area contributed by atoms with E-state index in [4.69, 9.17) is 9.47 Å². The molecule has 1 rings (SSSR count). The standard InChI is InChI=1S/C12H22O3/c1-3-4-5-6-12(15-11(2)13)7-9-14-10-8-12/h3-10H2,1-2H3. The van der Waals surface area contributed by atoms with Crippen LogP contribution in [0.15, 0.2) is 0 Å². The number of hydrogen-bond acceptors (Lipinski definition) is 3. The van der Waals surface area contributed by atoms with Gasteiger partial charge in [0.15, 0.2) is 0 Å². The number of ether oxygens (including phenoxy) is 2. The van der Waals surface area contributed by atoms with Crippen LogP contribution in [-0.4, -0.2) is 24.8 Å². The van der Waals surface area contributed by atoms with Crippen molar-refractivity contribution in [2.75, 3.05) is 13.2 Å². The van der Waals surface area contributed by atoms with Gasteiger partial charge in [-0.05, 0) is 12.8 Å². The zero-order valence-corrected chi connectivity index (χ0v) is 9.88. The third kappa shape index (κ3) is 4.20. The molecule has 0 spiro atoms. The first kappa shape index (κ1) is 12.5. The van der Waals surface area contributed by atoms with Gasteiger partial charge in [-0.3, -0.25) is 4.79 Å². The van der Waals surface area contributed by atoms with Crippen molar-refractivity contribution in [2.45, 2.75) is 58.0 Å². The van der Waals surface area contributed by atoms with Crippen LogP contribution >= 0.6 is 0 Å². The van der Waals surface area contributed by atoms with Crippen molar-refractivity contribution >= 4 is 5.97 Å². The summed E-state index contributed by atoms with van der Waals surface area (Å²) in [6.07, 6.45) is 6.26. The van der Waals surface area contributed by atoms with Crippen LogP contribution in [0.2, 0.25) is 0 Å². The Morgan fingerprint density at radius 1 is 1.33 bits per heavy atom. The van der Waals surface area contributed by atoms with Gasteiger partial charge in [0.1, 0.15) is 5.60 Å². The molecule has 1 aliphatic heterocycles. The first-order valence-electron chi connectivity index (χ1n) is 5.96. The van der Waals surface area contributed by atoms with Crippen molar-refractivity contribution in [1.82, 2.24) is 0 Å². The van der Waals surface area contributed by atoms with Gasteiger partial charge < -0.3 is 9.47 Å². The molecule has 0 amide bonds. The van der Waals surface area contributed by atoms with Crippen molar-refractivity contribution in [3.63, 3.8) is 0 Å². The second-order valence-electron chi connectivity index (χ2n) is 4.35. The van der Waals surface area contributed by atoms with Crippen LogP contribution in [0.5, 0.6) is 0 Å². The maximum Gasteiger partial charge on any atom is 0.303 e. The molecule has 0 aromatic carbocycles. The van der Waals surface area contributed by atoms with Gasteiger partial charge in [0, 0.05) is 19.8 Å². The van der Waals surface area contributed by atoms with Gasteiger partial charge in [0.2, 0.25) is 0 Å². The van der Waals surface area contributed by atoms with Gasteiger partial charge in [0.05, 0.1) is 13.2 Å². The van der Waals surface area contributed by atoms with Gasteiger partial charge in [-0.1, -0.05) is 19.8 Å². The summed E-state index contributed by atoms with van der Waals surface area (Å²) in [7, 11) is 0. The second kappa shape index (κ2) is 6.11. The smallest absolute Gasteiger partial charge is 0.303 e. The third-order valence-corrected chi connectivity index (χ3v) is 3.00. The fourth-order valence-electron chi connectivity index (χ4n) is 2.15. The summed E-state index contributed by atoms with van der Waals surface area (Å²) in [6, 6.07) is 0. The molecule has 0 saturated carbocycles. The minimum atomic E-state index is -0.223. The van der Waals surface area contributed by atoms with Gasteiger partial charge in [-0.25, -0.2) is 0 Å². The fraction of sp³-hybridized carbons (Fsp3) is 0.917. The van der Waals surface area contributed by atoms with Crippen LogP contribution in [0.3, 0.4) is 0 Å². The van der Waals surface area contributed by atoms with Crippen LogP contribution in [0.4, 0.5) is 0 Å². The summed E-state index contributed by atoms with van der Waals surface area (Å²) >= 11 is 0.